The first-order valence-electron chi connectivity index (χ1n) is 9.29. The van der Waals surface area contributed by atoms with E-state index in [4.69, 9.17) is 4.74 Å². The van der Waals surface area contributed by atoms with Crippen molar-refractivity contribution < 1.29 is 14.3 Å². The van der Waals surface area contributed by atoms with Gasteiger partial charge in [-0.3, -0.25) is 9.78 Å². The van der Waals surface area contributed by atoms with Crippen LogP contribution in [0.1, 0.15) is 22.0 Å². The lowest BCUT2D eigenvalue weighted by molar-refractivity contribution is -0.115. The van der Waals surface area contributed by atoms with E-state index >= 15 is 0 Å². The molecule has 148 valence electrons. The zero-order valence-corrected chi connectivity index (χ0v) is 16.5. The molecule has 0 spiro atoms. The Kier molecular flexibility index (Phi) is 5.81. The molecule has 1 fully saturated rings. The van der Waals surface area contributed by atoms with E-state index in [9.17, 15) is 9.59 Å². The van der Waals surface area contributed by atoms with Gasteiger partial charge in [-0.05, 0) is 29.8 Å². The van der Waals surface area contributed by atoms with Crippen LogP contribution in [0, 0.1) is 0 Å². The summed E-state index contributed by atoms with van der Waals surface area (Å²) in [7, 11) is 0. The summed E-state index contributed by atoms with van der Waals surface area (Å²) in [5.74, 6) is -0.127. The van der Waals surface area contributed by atoms with Crippen LogP contribution < -0.4 is 5.32 Å². The van der Waals surface area contributed by atoms with Gasteiger partial charge in [0.25, 0.3) is 0 Å². The van der Waals surface area contributed by atoms with Crippen molar-refractivity contribution in [1.82, 2.24) is 14.9 Å². The molecule has 0 atom stereocenters. The Balaban J connectivity index is 1.33. The summed E-state index contributed by atoms with van der Waals surface area (Å²) in [6, 6.07) is 13.3. The Morgan fingerprint density at radius 1 is 1.21 bits per heavy atom. The number of amides is 2. The number of aromatic nitrogens is 2. The van der Waals surface area contributed by atoms with E-state index in [2.05, 4.69) is 15.3 Å². The SMILES string of the molecule is O=C(Cc1csc(Cc2ccccn2)n1)Nc1cccc(CN2CCOC2=O)c1. The molecule has 1 N–H and O–H groups in total. The topological polar surface area (TPSA) is 84.4 Å². The van der Waals surface area contributed by atoms with E-state index in [1.54, 1.807) is 11.1 Å². The molecule has 0 bridgehead atoms. The minimum atomic E-state index is -0.301. The third-order valence-corrected chi connectivity index (χ3v) is 5.33. The molecule has 8 heteroatoms. The predicted molar refractivity (Wildman–Crippen MR) is 110 cm³/mol. The summed E-state index contributed by atoms with van der Waals surface area (Å²) < 4.78 is 4.95. The molecule has 1 aromatic carbocycles. The fourth-order valence-electron chi connectivity index (χ4n) is 3.08. The maximum atomic E-state index is 12.4. The van der Waals surface area contributed by atoms with Crippen LogP contribution in [-0.4, -0.2) is 40.0 Å². The van der Waals surface area contributed by atoms with Crippen molar-refractivity contribution in [2.45, 2.75) is 19.4 Å². The van der Waals surface area contributed by atoms with Crippen molar-refractivity contribution >= 4 is 29.0 Å². The Labute approximate surface area is 172 Å². The first-order valence-corrected chi connectivity index (χ1v) is 10.2. The van der Waals surface area contributed by atoms with Gasteiger partial charge in [-0.25, -0.2) is 9.78 Å². The van der Waals surface area contributed by atoms with Gasteiger partial charge < -0.3 is 15.0 Å². The summed E-state index contributed by atoms with van der Waals surface area (Å²) in [6.45, 7) is 1.47. The molecule has 0 radical (unpaired) electrons. The van der Waals surface area contributed by atoms with Gasteiger partial charge in [-0.15, -0.1) is 11.3 Å². The van der Waals surface area contributed by atoms with Gasteiger partial charge in [-0.1, -0.05) is 18.2 Å². The molecule has 3 heterocycles. The number of cyclic esters (lactones) is 1. The minimum absolute atomic E-state index is 0.127. The first-order chi connectivity index (χ1) is 14.2. The number of carbonyl (C=O) groups is 2. The second-order valence-electron chi connectivity index (χ2n) is 6.69. The van der Waals surface area contributed by atoms with Crippen molar-refractivity contribution in [3.8, 4) is 0 Å². The monoisotopic (exact) mass is 408 g/mol. The molecule has 0 aliphatic carbocycles. The molecule has 1 aliphatic rings. The first kappa shape index (κ1) is 19.1. The highest BCUT2D eigenvalue weighted by molar-refractivity contribution is 7.09. The van der Waals surface area contributed by atoms with Crippen molar-refractivity contribution in [2.75, 3.05) is 18.5 Å². The van der Waals surface area contributed by atoms with Crippen LogP contribution in [0.5, 0.6) is 0 Å². The van der Waals surface area contributed by atoms with Gasteiger partial charge in [0.1, 0.15) is 6.61 Å². The smallest absolute Gasteiger partial charge is 0.410 e. The third-order valence-electron chi connectivity index (χ3n) is 4.43. The summed E-state index contributed by atoms with van der Waals surface area (Å²) in [4.78, 5) is 34.5. The number of hydrogen-bond acceptors (Lipinski definition) is 6. The third kappa shape index (κ3) is 5.17. The zero-order chi connectivity index (χ0) is 20.1. The van der Waals surface area contributed by atoms with Gasteiger partial charge in [0, 0.05) is 35.9 Å². The highest BCUT2D eigenvalue weighted by atomic mass is 32.1. The molecule has 2 aromatic heterocycles. The molecule has 2 amide bonds. The average molecular weight is 408 g/mol. The highest BCUT2D eigenvalue weighted by Crippen LogP contribution is 2.17. The molecular weight excluding hydrogens is 388 g/mol. The highest BCUT2D eigenvalue weighted by Gasteiger charge is 2.21. The van der Waals surface area contributed by atoms with Crippen molar-refractivity contribution in [3.63, 3.8) is 0 Å². The van der Waals surface area contributed by atoms with Gasteiger partial charge >= 0.3 is 6.09 Å². The standard InChI is InChI=1S/C21H20N4O3S/c26-19(11-18-14-29-20(24-18)12-16-5-1-2-7-22-16)23-17-6-3-4-15(10-17)13-25-8-9-28-21(25)27/h1-7,10,14H,8-9,11-13H2,(H,23,26). The van der Waals surface area contributed by atoms with Crippen LogP contribution in [0.25, 0.3) is 0 Å². The Morgan fingerprint density at radius 3 is 2.93 bits per heavy atom. The fourth-order valence-corrected chi connectivity index (χ4v) is 3.89. The molecule has 0 saturated carbocycles. The number of rotatable bonds is 7. The van der Waals surface area contributed by atoms with Crippen LogP contribution in [0.2, 0.25) is 0 Å². The molecule has 7 nitrogen and oxygen atoms in total. The second-order valence-corrected chi connectivity index (χ2v) is 7.63. The number of nitrogens with zero attached hydrogens (tertiary/aromatic N) is 3. The lowest BCUT2D eigenvalue weighted by atomic mass is 10.2. The lowest BCUT2D eigenvalue weighted by Crippen LogP contribution is -2.23. The molecule has 1 aliphatic heterocycles. The lowest BCUT2D eigenvalue weighted by Gasteiger charge is -2.13. The largest absolute Gasteiger partial charge is 0.448 e. The number of benzene rings is 1. The van der Waals surface area contributed by atoms with E-state index in [1.807, 2.05) is 47.8 Å². The maximum Gasteiger partial charge on any atom is 0.410 e. The molecule has 3 aromatic rings. The van der Waals surface area contributed by atoms with Crippen molar-refractivity contribution in [1.29, 1.82) is 0 Å². The molecule has 29 heavy (non-hydrogen) atoms. The van der Waals surface area contributed by atoms with Gasteiger partial charge in [0.05, 0.1) is 23.7 Å². The normalized spacial score (nSPS) is 13.4. The number of thiazole rings is 1. The maximum absolute atomic E-state index is 12.4. The van der Waals surface area contributed by atoms with Crippen LogP contribution >= 0.6 is 11.3 Å². The minimum Gasteiger partial charge on any atom is -0.448 e. The summed E-state index contributed by atoms with van der Waals surface area (Å²) in [6.07, 6.45) is 2.33. The molecular formula is C21H20N4O3S. The van der Waals surface area contributed by atoms with E-state index in [0.717, 1.165) is 22.0 Å². The average Bonchev–Trinajstić information content (AvgIpc) is 3.32. The Bertz CT molecular complexity index is 1010. The zero-order valence-electron chi connectivity index (χ0n) is 15.7. The molecule has 1 saturated heterocycles. The van der Waals surface area contributed by atoms with Crippen molar-refractivity contribution in [2.24, 2.45) is 0 Å². The van der Waals surface area contributed by atoms with Crippen molar-refractivity contribution in [3.05, 3.63) is 76.0 Å². The van der Waals surface area contributed by atoms with E-state index in [-0.39, 0.29) is 18.4 Å². The predicted octanol–water partition coefficient (Wildman–Crippen LogP) is 3.26. The number of ether oxygens (including phenoxy) is 1. The van der Waals surface area contributed by atoms with Gasteiger partial charge in [0.15, 0.2) is 0 Å². The second kappa shape index (κ2) is 8.83. The molecule has 4 rings (SSSR count). The van der Waals surface area contributed by atoms with Crippen LogP contribution in [0.3, 0.4) is 0 Å². The van der Waals surface area contributed by atoms with E-state index < -0.39 is 0 Å². The number of carbonyl (C=O) groups excluding carboxylic acids is 2. The number of pyridine rings is 1. The summed E-state index contributed by atoms with van der Waals surface area (Å²) in [5.41, 5.74) is 3.34. The van der Waals surface area contributed by atoms with Crippen LogP contribution in [0.15, 0.2) is 54.0 Å². The van der Waals surface area contributed by atoms with Gasteiger partial charge in [-0.2, -0.15) is 0 Å². The van der Waals surface area contributed by atoms with Crippen LogP contribution in [-0.2, 0) is 28.9 Å². The summed E-state index contributed by atoms with van der Waals surface area (Å²) >= 11 is 1.53. The Hall–Kier alpha value is -3.26. The summed E-state index contributed by atoms with van der Waals surface area (Å²) in [5, 5.41) is 5.75. The Morgan fingerprint density at radius 2 is 2.14 bits per heavy atom. The quantitative estimate of drug-likeness (QED) is 0.649. The van der Waals surface area contributed by atoms with Gasteiger partial charge in [0.2, 0.25) is 5.91 Å². The number of anilines is 1. The van der Waals surface area contributed by atoms with E-state index in [1.165, 1.54) is 11.3 Å². The van der Waals surface area contributed by atoms with E-state index in [0.29, 0.717) is 31.8 Å². The number of hydrogen-bond donors (Lipinski definition) is 1. The number of nitrogens with one attached hydrogen (secondary N) is 1. The van der Waals surface area contributed by atoms with Crippen LogP contribution in [0.4, 0.5) is 10.5 Å². The molecule has 0 unspecified atom stereocenters. The fraction of sp³-hybridized carbons (Fsp3) is 0.238.